The van der Waals surface area contributed by atoms with E-state index in [2.05, 4.69) is 15.3 Å². The van der Waals surface area contributed by atoms with Crippen LogP contribution in [0.2, 0.25) is 5.02 Å². The maximum atomic E-state index is 12.1. The van der Waals surface area contributed by atoms with E-state index >= 15 is 0 Å². The zero-order chi connectivity index (χ0) is 17.6. The number of hydrogen-bond donors (Lipinski definition) is 1. The smallest absolute Gasteiger partial charge is 0.234 e. The van der Waals surface area contributed by atoms with Gasteiger partial charge in [0.05, 0.1) is 28.5 Å². The predicted molar refractivity (Wildman–Crippen MR) is 103 cm³/mol. The van der Waals surface area contributed by atoms with Crippen LogP contribution in [0.4, 0.5) is 5.69 Å². The van der Waals surface area contributed by atoms with Gasteiger partial charge in [0.25, 0.3) is 0 Å². The first kappa shape index (κ1) is 17.7. The molecule has 5 nitrogen and oxygen atoms in total. The summed E-state index contributed by atoms with van der Waals surface area (Å²) < 4.78 is 5.09. The van der Waals surface area contributed by atoms with Gasteiger partial charge in [0.1, 0.15) is 5.75 Å². The van der Waals surface area contributed by atoms with Crippen molar-refractivity contribution >= 4 is 46.3 Å². The largest absolute Gasteiger partial charge is 0.495 e. The standard InChI is InChI=1S/C17H14ClN3O2S2/c1-23-14-5-4-11(9-12(14)18)20-16(22)10-25-17-19-7-6-13(21-17)15-3-2-8-24-15/h2-9H,10H2,1H3,(H,20,22). The van der Waals surface area contributed by atoms with Gasteiger partial charge in [-0.15, -0.1) is 11.3 Å². The summed E-state index contributed by atoms with van der Waals surface area (Å²) in [6.07, 6.45) is 1.70. The van der Waals surface area contributed by atoms with Crippen LogP contribution in [0.5, 0.6) is 5.75 Å². The molecule has 0 saturated heterocycles. The molecule has 1 amide bonds. The van der Waals surface area contributed by atoms with Crippen LogP contribution < -0.4 is 10.1 Å². The summed E-state index contributed by atoms with van der Waals surface area (Å²) in [6.45, 7) is 0. The molecule has 0 aliphatic carbocycles. The third kappa shape index (κ3) is 4.72. The molecular formula is C17H14ClN3O2S2. The molecule has 25 heavy (non-hydrogen) atoms. The summed E-state index contributed by atoms with van der Waals surface area (Å²) >= 11 is 8.95. The number of carbonyl (C=O) groups excluding carboxylic acids is 1. The average Bonchev–Trinajstić information content (AvgIpc) is 3.15. The lowest BCUT2D eigenvalue weighted by Crippen LogP contribution is -2.14. The number of ether oxygens (including phenoxy) is 1. The van der Waals surface area contributed by atoms with Gasteiger partial charge in [0.15, 0.2) is 5.16 Å². The first-order chi connectivity index (χ1) is 12.2. The Morgan fingerprint density at radius 3 is 2.96 bits per heavy atom. The number of methoxy groups -OCH3 is 1. The summed E-state index contributed by atoms with van der Waals surface area (Å²) in [5.41, 5.74) is 1.47. The highest BCUT2D eigenvalue weighted by Crippen LogP contribution is 2.27. The second-order valence-electron chi connectivity index (χ2n) is 4.89. The number of aromatic nitrogens is 2. The van der Waals surface area contributed by atoms with Crippen LogP contribution in [0, 0.1) is 0 Å². The van der Waals surface area contributed by atoms with Gasteiger partial charge in [-0.3, -0.25) is 4.79 Å². The lowest BCUT2D eigenvalue weighted by molar-refractivity contribution is -0.113. The van der Waals surface area contributed by atoms with Gasteiger partial charge in [-0.25, -0.2) is 9.97 Å². The molecule has 2 aromatic heterocycles. The summed E-state index contributed by atoms with van der Waals surface area (Å²) in [6, 6.07) is 10.9. The molecule has 8 heteroatoms. The maximum absolute atomic E-state index is 12.1. The van der Waals surface area contributed by atoms with Gasteiger partial charge in [0.2, 0.25) is 5.91 Å². The number of amides is 1. The van der Waals surface area contributed by atoms with Crippen molar-refractivity contribution in [2.24, 2.45) is 0 Å². The maximum Gasteiger partial charge on any atom is 0.234 e. The Hall–Kier alpha value is -2.09. The fourth-order valence-corrected chi connectivity index (χ4v) is 3.63. The van der Waals surface area contributed by atoms with Crippen molar-refractivity contribution in [3.63, 3.8) is 0 Å². The Kier molecular flexibility index (Phi) is 5.91. The Morgan fingerprint density at radius 1 is 1.36 bits per heavy atom. The van der Waals surface area contributed by atoms with Crippen LogP contribution in [-0.4, -0.2) is 28.7 Å². The van der Waals surface area contributed by atoms with Gasteiger partial charge < -0.3 is 10.1 Å². The van der Waals surface area contributed by atoms with Gasteiger partial charge in [-0.1, -0.05) is 29.4 Å². The van der Waals surface area contributed by atoms with E-state index in [1.165, 1.54) is 11.8 Å². The Balaban J connectivity index is 1.59. The van der Waals surface area contributed by atoms with Crippen molar-refractivity contribution in [1.82, 2.24) is 9.97 Å². The lowest BCUT2D eigenvalue weighted by Gasteiger charge is -2.08. The van der Waals surface area contributed by atoms with E-state index in [-0.39, 0.29) is 11.7 Å². The molecule has 0 spiro atoms. The minimum absolute atomic E-state index is 0.156. The van der Waals surface area contributed by atoms with Crippen molar-refractivity contribution in [1.29, 1.82) is 0 Å². The van der Waals surface area contributed by atoms with Crippen LogP contribution >= 0.6 is 34.7 Å². The van der Waals surface area contributed by atoms with E-state index in [1.807, 2.05) is 23.6 Å². The topological polar surface area (TPSA) is 64.1 Å². The molecule has 0 aliphatic heterocycles. The number of halogens is 1. The number of rotatable bonds is 6. The highest BCUT2D eigenvalue weighted by atomic mass is 35.5. The first-order valence-corrected chi connectivity index (χ1v) is 9.53. The molecule has 0 unspecified atom stereocenters. The van der Waals surface area contributed by atoms with E-state index < -0.39 is 0 Å². The highest BCUT2D eigenvalue weighted by Gasteiger charge is 2.09. The van der Waals surface area contributed by atoms with Gasteiger partial charge in [-0.05, 0) is 35.7 Å². The summed E-state index contributed by atoms with van der Waals surface area (Å²) in [5, 5.41) is 5.80. The highest BCUT2D eigenvalue weighted by molar-refractivity contribution is 7.99. The summed E-state index contributed by atoms with van der Waals surface area (Å²) in [7, 11) is 1.54. The molecule has 1 aromatic carbocycles. The van der Waals surface area contributed by atoms with E-state index in [4.69, 9.17) is 16.3 Å². The molecule has 3 aromatic rings. The van der Waals surface area contributed by atoms with E-state index in [1.54, 1.807) is 42.8 Å². The van der Waals surface area contributed by atoms with Gasteiger partial charge in [-0.2, -0.15) is 0 Å². The van der Waals surface area contributed by atoms with Crippen LogP contribution in [0.3, 0.4) is 0 Å². The Labute approximate surface area is 158 Å². The van der Waals surface area contributed by atoms with Gasteiger partial charge in [0, 0.05) is 11.9 Å². The predicted octanol–water partition coefficient (Wildman–Crippen LogP) is 4.60. The zero-order valence-corrected chi connectivity index (χ0v) is 15.6. The fourth-order valence-electron chi connectivity index (χ4n) is 2.04. The number of thiophene rings is 1. The number of carbonyl (C=O) groups is 1. The molecule has 3 rings (SSSR count). The first-order valence-electron chi connectivity index (χ1n) is 7.29. The number of benzene rings is 1. The molecule has 128 valence electrons. The molecule has 0 atom stereocenters. The van der Waals surface area contributed by atoms with Gasteiger partial charge >= 0.3 is 0 Å². The van der Waals surface area contributed by atoms with E-state index in [9.17, 15) is 4.79 Å². The number of nitrogens with one attached hydrogen (secondary N) is 1. The van der Waals surface area contributed by atoms with Crippen molar-refractivity contribution in [3.05, 3.63) is 53.0 Å². The third-order valence-electron chi connectivity index (χ3n) is 3.18. The molecule has 0 bridgehead atoms. The molecular weight excluding hydrogens is 378 g/mol. The molecule has 0 fully saturated rings. The van der Waals surface area contributed by atoms with Crippen molar-refractivity contribution in [2.75, 3.05) is 18.2 Å². The molecule has 2 heterocycles. The second-order valence-corrected chi connectivity index (χ2v) is 7.19. The Bertz CT molecular complexity index is 872. The second kappa shape index (κ2) is 8.33. The number of nitrogens with zero attached hydrogens (tertiary/aromatic N) is 2. The number of anilines is 1. The lowest BCUT2D eigenvalue weighted by atomic mass is 10.3. The van der Waals surface area contributed by atoms with E-state index in [0.717, 1.165) is 10.6 Å². The number of hydrogen-bond acceptors (Lipinski definition) is 6. The SMILES string of the molecule is COc1ccc(NC(=O)CSc2nccc(-c3cccs3)n2)cc1Cl. The number of thioether (sulfide) groups is 1. The van der Waals surface area contributed by atoms with Crippen LogP contribution in [0.25, 0.3) is 10.6 Å². The van der Waals surface area contributed by atoms with Crippen molar-refractivity contribution in [2.45, 2.75) is 5.16 Å². The quantitative estimate of drug-likeness (QED) is 0.491. The normalized spacial score (nSPS) is 10.5. The van der Waals surface area contributed by atoms with Crippen LogP contribution in [-0.2, 0) is 4.79 Å². The third-order valence-corrected chi connectivity index (χ3v) is 5.22. The van der Waals surface area contributed by atoms with Crippen LogP contribution in [0.15, 0.2) is 53.1 Å². The fraction of sp³-hybridized carbons (Fsp3) is 0.118. The summed E-state index contributed by atoms with van der Waals surface area (Å²) in [4.78, 5) is 21.9. The summed E-state index contributed by atoms with van der Waals surface area (Å²) in [5.74, 6) is 0.613. The average molecular weight is 392 g/mol. The zero-order valence-electron chi connectivity index (χ0n) is 13.2. The van der Waals surface area contributed by atoms with Crippen molar-refractivity contribution in [3.8, 4) is 16.3 Å². The monoisotopic (exact) mass is 391 g/mol. The van der Waals surface area contributed by atoms with Crippen LogP contribution in [0.1, 0.15) is 0 Å². The molecule has 0 saturated carbocycles. The minimum Gasteiger partial charge on any atom is -0.495 e. The van der Waals surface area contributed by atoms with E-state index in [0.29, 0.717) is 21.6 Å². The Morgan fingerprint density at radius 2 is 2.24 bits per heavy atom. The molecule has 0 aliphatic rings. The molecule has 1 N–H and O–H groups in total. The van der Waals surface area contributed by atoms with Crippen molar-refractivity contribution < 1.29 is 9.53 Å². The molecule has 0 radical (unpaired) electrons. The minimum atomic E-state index is -0.156.